The Morgan fingerprint density at radius 3 is 2.62 bits per heavy atom. The molecule has 1 atom stereocenters. The molecule has 1 aliphatic carbocycles. The highest BCUT2D eigenvalue weighted by Crippen LogP contribution is 2.25. The van der Waals surface area contributed by atoms with E-state index in [0.29, 0.717) is 0 Å². The van der Waals surface area contributed by atoms with Gasteiger partial charge in [-0.05, 0) is 37.2 Å². The van der Waals surface area contributed by atoms with Crippen LogP contribution in [0.25, 0.3) is 0 Å². The van der Waals surface area contributed by atoms with Crippen molar-refractivity contribution in [2.45, 2.75) is 32.1 Å². The summed E-state index contributed by atoms with van der Waals surface area (Å²) in [6, 6.07) is 10.8. The Balaban J connectivity index is 1.90. The highest BCUT2D eigenvalue weighted by atomic mass is 14.2. The zero-order valence-electron chi connectivity index (χ0n) is 8.08. The van der Waals surface area contributed by atoms with Crippen LogP contribution in [0.15, 0.2) is 30.3 Å². The van der Waals surface area contributed by atoms with Gasteiger partial charge in [0.25, 0.3) is 0 Å². The molecule has 13 heavy (non-hydrogen) atoms. The molecule has 1 radical (unpaired) electrons. The van der Waals surface area contributed by atoms with Crippen molar-refractivity contribution >= 4 is 0 Å². The second kappa shape index (κ2) is 4.45. The van der Waals surface area contributed by atoms with Crippen LogP contribution in [0, 0.1) is 12.3 Å². The number of benzene rings is 1. The van der Waals surface area contributed by atoms with Crippen molar-refractivity contribution in [3.63, 3.8) is 0 Å². The lowest BCUT2D eigenvalue weighted by atomic mass is 9.85. The summed E-state index contributed by atoms with van der Waals surface area (Å²) in [5.74, 6) is 0.844. The first kappa shape index (κ1) is 8.80. The Labute approximate surface area is 81.0 Å². The van der Waals surface area contributed by atoms with E-state index in [9.17, 15) is 0 Å². The third-order valence-electron chi connectivity index (χ3n) is 2.87. The average molecular weight is 173 g/mol. The fourth-order valence-electron chi connectivity index (χ4n) is 2.12. The summed E-state index contributed by atoms with van der Waals surface area (Å²) in [6.45, 7) is 0. The average Bonchev–Trinajstić information content (AvgIpc) is 2.21. The molecule has 0 heteroatoms. The predicted octanol–water partition coefficient (Wildman–Crippen LogP) is 3.62. The molecule has 1 aromatic carbocycles. The van der Waals surface area contributed by atoms with E-state index in [1.54, 1.807) is 0 Å². The summed E-state index contributed by atoms with van der Waals surface area (Å²) in [5, 5.41) is 0. The lowest BCUT2D eigenvalue weighted by Gasteiger charge is -2.20. The monoisotopic (exact) mass is 173 g/mol. The minimum absolute atomic E-state index is 0.844. The molecule has 0 N–H and O–H groups in total. The van der Waals surface area contributed by atoms with Crippen LogP contribution in [0.3, 0.4) is 0 Å². The molecule has 1 aliphatic rings. The summed E-state index contributed by atoms with van der Waals surface area (Å²) in [6.07, 6.45) is 9.32. The van der Waals surface area contributed by atoms with E-state index in [-0.39, 0.29) is 0 Å². The van der Waals surface area contributed by atoms with Crippen LogP contribution in [-0.4, -0.2) is 0 Å². The fourth-order valence-corrected chi connectivity index (χ4v) is 2.12. The molecule has 1 fully saturated rings. The van der Waals surface area contributed by atoms with Gasteiger partial charge in [0.2, 0.25) is 0 Å². The van der Waals surface area contributed by atoms with Crippen molar-refractivity contribution in [2.75, 3.05) is 0 Å². The number of hydrogen-bond acceptors (Lipinski definition) is 0. The van der Waals surface area contributed by atoms with Crippen LogP contribution in [0.2, 0.25) is 0 Å². The normalized spacial score (nSPS) is 18.8. The third-order valence-corrected chi connectivity index (χ3v) is 2.87. The zero-order valence-corrected chi connectivity index (χ0v) is 8.08. The molecule has 69 valence electrons. The summed E-state index contributed by atoms with van der Waals surface area (Å²) >= 11 is 0. The van der Waals surface area contributed by atoms with E-state index in [1.165, 1.54) is 37.7 Å². The molecule has 1 aromatic rings. The van der Waals surface area contributed by atoms with Gasteiger partial charge in [0.15, 0.2) is 0 Å². The highest BCUT2D eigenvalue weighted by molar-refractivity contribution is 5.16. The Bertz CT molecular complexity index is 231. The number of rotatable bonds is 2. The summed E-state index contributed by atoms with van der Waals surface area (Å²) in [4.78, 5) is 0. The van der Waals surface area contributed by atoms with Crippen molar-refractivity contribution in [2.24, 2.45) is 5.92 Å². The fraction of sp³-hybridized carbons (Fsp3) is 0.462. The second-order valence-corrected chi connectivity index (χ2v) is 3.97. The molecular formula is C13H17. The summed E-state index contributed by atoms with van der Waals surface area (Å²) in [7, 11) is 0. The predicted molar refractivity (Wildman–Crippen MR) is 56.4 cm³/mol. The first-order valence-electron chi connectivity index (χ1n) is 5.32. The van der Waals surface area contributed by atoms with E-state index >= 15 is 0 Å². The van der Waals surface area contributed by atoms with Gasteiger partial charge in [-0.25, -0.2) is 0 Å². The van der Waals surface area contributed by atoms with Gasteiger partial charge in [0, 0.05) is 0 Å². The topological polar surface area (TPSA) is 0 Å². The van der Waals surface area contributed by atoms with Crippen LogP contribution >= 0.6 is 0 Å². The van der Waals surface area contributed by atoms with Crippen molar-refractivity contribution in [1.82, 2.24) is 0 Å². The first-order valence-corrected chi connectivity index (χ1v) is 5.32. The van der Waals surface area contributed by atoms with Gasteiger partial charge in [-0.2, -0.15) is 0 Å². The third kappa shape index (κ3) is 2.58. The zero-order chi connectivity index (χ0) is 8.93. The first-order chi connectivity index (χ1) is 6.45. The van der Waals surface area contributed by atoms with E-state index in [1.807, 2.05) is 0 Å². The standard InChI is InChI=1S/C13H17/c1-3-7-12(8-4-1)11-13-9-5-2-6-10-13/h1,3-4,7-9,13H,2,5-6,10-11H2. The van der Waals surface area contributed by atoms with Gasteiger partial charge < -0.3 is 0 Å². The van der Waals surface area contributed by atoms with E-state index < -0.39 is 0 Å². The maximum atomic E-state index is 2.51. The van der Waals surface area contributed by atoms with Gasteiger partial charge in [0.1, 0.15) is 0 Å². The molecule has 0 aromatic heterocycles. The summed E-state index contributed by atoms with van der Waals surface area (Å²) in [5.41, 5.74) is 1.49. The van der Waals surface area contributed by atoms with Gasteiger partial charge in [-0.15, -0.1) is 0 Å². The van der Waals surface area contributed by atoms with Crippen LogP contribution in [0.1, 0.15) is 31.2 Å². The van der Waals surface area contributed by atoms with Crippen LogP contribution < -0.4 is 0 Å². The Kier molecular flexibility index (Phi) is 3.02. The van der Waals surface area contributed by atoms with Crippen molar-refractivity contribution < 1.29 is 0 Å². The van der Waals surface area contributed by atoms with Crippen LogP contribution in [0.5, 0.6) is 0 Å². The van der Waals surface area contributed by atoms with E-state index in [4.69, 9.17) is 0 Å². The SMILES string of the molecule is [CH]1CCCCC1Cc1ccccc1. The smallest absolute Gasteiger partial charge is 0.0248 e. The van der Waals surface area contributed by atoms with E-state index in [2.05, 4.69) is 36.8 Å². The minimum atomic E-state index is 0.844. The Morgan fingerprint density at radius 1 is 1.08 bits per heavy atom. The maximum absolute atomic E-state index is 2.51. The molecule has 1 unspecified atom stereocenters. The lowest BCUT2D eigenvalue weighted by molar-refractivity contribution is 0.444. The number of hydrogen-bond donors (Lipinski definition) is 0. The highest BCUT2D eigenvalue weighted by Gasteiger charge is 2.13. The van der Waals surface area contributed by atoms with Gasteiger partial charge in [0.05, 0.1) is 0 Å². The molecule has 1 saturated carbocycles. The Hall–Kier alpha value is -0.780. The largest absolute Gasteiger partial charge is 0.0622 e. The van der Waals surface area contributed by atoms with Gasteiger partial charge in [-0.3, -0.25) is 0 Å². The second-order valence-electron chi connectivity index (χ2n) is 3.97. The molecule has 2 rings (SSSR count). The lowest BCUT2D eigenvalue weighted by Crippen LogP contribution is -2.09. The summed E-state index contributed by atoms with van der Waals surface area (Å²) < 4.78 is 0. The van der Waals surface area contributed by atoms with Crippen molar-refractivity contribution in [3.8, 4) is 0 Å². The van der Waals surface area contributed by atoms with Gasteiger partial charge >= 0.3 is 0 Å². The Morgan fingerprint density at radius 2 is 1.92 bits per heavy atom. The molecular weight excluding hydrogens is 156 g/mol. The molecule has 0 amide bonds. The van der Waals surface area contributed by atoms with Crippen molar-refractivity contribution in [1.29, 1.82) is 0 Å². The van der Waals surface area contributed by atoms with Gasteiger partial charge in [-0.1, -0.05) is 43.2 Å². The van der Waals surface area contributed by atoms with Crippen LogP contribution in [-0.2, 0) is 6.42 Å². The molecule has 0 heterocycles. The molecule has 0 spiro atoms. The maximum Gasteiger partial charge on any atom is -0.0248 e. The molecule has 0 aliphatic heterocycles. The molecule has 0 bridgehead atoms. The molecule has 0 saturated heterocycles. The van der Waals surface area contributed by atoms with Crippen LogP contribution in [0.4, 0.5) is 0 Å². The van der Waals surface area contributed by atoms with Crippen molar-refractivity contribution in [3.05, 3.63) is 42.3 Å². The quantitative estimate of drug-likeness (QED) is 0.640. The van der Waals surface area contributed by atoms with E-state index in [0.717, 1.165) is 5.92 Å². The molecule has 0 nitrogen and oxygen atoms in total. The minimum Gasteiger partial charge on any atom is -0.0622 e.